The Kier molecular flexibility index (Phi) is 4.00. The molecule has 0 radical (unpaired) electrons. The molecule has 1 heterocycles. The Morgan fingerprint density at radius 2 is 2.31 bits per heavy atom. The number of furan rings is 1. The maximum Gasteiger partial charge on any atom is 0.174 e. The minimum atomic E-state index is -0.423. The van der Waals surface area contributed by atoms with Crippen molar-refractivity contribution >= 4 is 15.9 Å². The van der Waals surface area contributed by atoms with Crippen LogP contribution in [0.25, 0.3) is 0 Å². The van der Waals surface area contributed by atoms with Gasteiger partial charge in [0.1, 0.15) is 0 Å². The highest BCUT2D eigenvalue weighted by atomic mass is 79.9. The van der Waals surface area contributed by atoms with Gasteiger partial charge in [0.15, 0.2) is 4.67 Å². The smallest absolute Gasteiger partial charge is 0.174 e. The first-order chi connectivity index (χ1) is 6.16. The second kappa shape index (κ2) is 4.82. The Morgan fingerprint density at radius 1 is 1.62 bits per heavy atom. The molecule has 74 valence electrons. The number of rotatable bonds is 4. The monoisotopic (exact) mass is 246 g/mol. The largest absolute Gasteiger partial charge is 0.457 e. The second-order valence-electron chi connectivity index (χ2n) is 3.36. The Labute approximate surface area is 87.1 Å². The molecular weight excluding hydrogens is 232 g/mol. The first-order valence-corrected chi connectivity index (χ1v) is 5.37. The molecule has 0 aromatic carbocycles. The third-order valence-electron chi connectivity index (χ3n) is 2.25. The molecule has 2 nitrogen and oxygen atoms in total. The zero-order valence-electron chi connectivity index (χ0n) is 7.96. The molecule has 2 atom stereocenters. The lowest BCUT2D eigenvalue weighted by molar-refractivity contribution is 0.110. The van der Waals surface area contributed by atoms with E-state index in [1.807, 2.05) is 6.92 Å². The van der Waals surface area contributed by atoms with Crippen molar-refractivity contribution in [3.63, 3.8) is 0 Å². The van der Waals surface area contributed by atoms with Crippen molar-refractivity contribution in [2.75, 3.05) is 0 Å². The quantitative estimate of drug-likeness (QED) is 0.883. The average Bonchev–Trinajstić information content (AvgIpc) is 2.50. The molecule has 1 N–H and O–H groups in total. The van der Waals surface area contributed by atoms with Gasteiger partial charge in [-0.15, -0.1) is 0 Å². The summed E-state index contributed by atoms with van der Waals surface area (Å²) in [5.41, 5.74) is 0.848. The van der Waals surface area contributed by atoms with E-state index >= 15 is 0 Å². The van der Waals surface area contributed by atoms with Gasteiger partial charge in [-0.3, -0.25) is 0 Å². The summed E-state index contributed by atoms with van der Waals surface area (Å²) in [5, 5.41) is 9.90. The highest BCUT2D eigenvalue weighted by molar-refractivity contribution is 9.10. The molecule has 3 heteroatoms. The van der Waals surface area contributed by atoms with Crippen molar-refractivity contribution in [1.29, 1.82) is 0 Å². The van der Waals surface area contributed by atoms with Crippen LogP contribution in [-0.4, -0.2) is 5.11 Å². The van der Waals surface area contributed by atoms with Crippen LogP contribution in [-0.2, 0) is 0 Å². The molecule has 0 aliphatic carbocycles. The maximum absolute atomic E-state index is 9.90. The normalized spacial score (nSPS) is 15.7. The number of aliphatic hydroxyl groups excluding tert-OH is 1. The van der Waals surface area contributed by atoms with Crippen molar-refractivity contribution in [2.24, 2.45) is 5.92 Å². The van der Waals surface area contributed by atoms with Crippen molar-refractivity contribution in [3.05, 3.63) is 22.6 Å². The van der Waals surface area contributed by atoms with Crippen LogP contribution in [0.1, 0.15) is 38.4 Å². The summed E-state index contributed by atoms with van der Waals surface area (Å²) in [6.45, 7) is 4.17. The maximum atomic E-state index is 9.90. The zero-order chi connectivity index (χ0) is 9.84. The van der Waals surface area contributed by atoms with Gasteiger partial charge in [-0.25, -0.2) is 0 Å². The molecule has 0 aliphatic rings. The van der Waals surface area contributed by atoms with Crippen LogP contribution in [0.4, 0.5) is 0 Å². The van der Waals surface area contributed by atoms with Gasteiger partial charge in [0, 0.05) is 5.56 Å². The zero-order valence-corrected chi connectivity index (χ0v) is 9.54. The Balaban J connectivity index is 2.67. The summed E-state index contributed by atoms with van der Waals surface area (Å²) in [4.78, 5) is 0. The van der Waals surface area contributed by atoms with E-state index in [9.17, 15) is 5.11 Å². The first-order valence-electron chi connectivity index (χ1n) is 4.57. The number of halogens is 1. The van der Waals surface area contributed by atoms with Crippen LogP contribution in [0.3, 0.4) is 0 Å². The molecule has 0 saturated carbocycles. The molecule has 2 unspecified atom stereocenters. The molecule has 0 saturated heterocycles. The van der Waals surface area contributed by atoms with Crippen LogP contribution in [0.2, 0.25) is 0 Å². The van der Waals surface area contributed by atoms with Crippen molar-refractivity contribution in [2.45, 2.75) is 32.8 Å². The second-order valence-corrected chi connectivity index (χ2v) is 4.08. The summed E-state index contributed by atoms with van der Waals surface area (Å²) >= 11 is 3.26. The molecule has 0 spiro atoms. The van der Waals surface area contributed by atoms with E-state index in [0.717, 1.165) is 18.4 Å². The molecule has 0 aliphatic heterocycles. The minimum Gasteiger partial charge on any atom is -0.457 e. The summed E-state index contributed by atoms with van der Waals surface area (Å²) in [6.07, 6.45) is 3.28. The first kappa shape index (κ1) is 10.8. The van der Waals surface area contributed by atoms with Crippen LogP contribution < -0.4 is 0 Å². The molecule has 0 fully saturated rings. The van der Waals surface area contributed by atoms with E-state index < -0.39 is 6.10 Å². The van der Waals surface area contributed by atoms with Gasteiger partial charge in [-0.2, -0.15) is 0 Å². The number of aliphatic hydroxyl groups is 1. The molecule has 0 bridgehead atoms. The Morgan fingerprint density at radius 3 is 2.77 bits per heavy atom. The van der Waals surface area contributed by atoms with Gasteiger partial charge in [0.2, 0.25) is 0 Å². The SMILES string of the molecule is CCCC(C)C(O)c1ccoc1Br. The average molecular weight is 247 g/mol. The van der Waals surface area contributed by atoms with Crippen LogP contribution >= 0.6 is 15.9 Å². The summed E-state index contributed by atoms with van der Waals surface area (Å²) in [7, 11) is 0. The fraction of sp³-hybridized carbons (Fsp3) is 0.600. The van der Waals surface area contributed by atoms with Crippen molar-refractivity contribution in [3.8, 4) is 0 Å². The Bertz CT molecular complexity index is 257. The highest BCUT2D eigenvalue weighted by Gasteiger charge is 2.19. The minimum absolute atomic E-state index is 0.277. The van der Waals surface area contributed by atoms with Crippen molar-refractivity contribution < 1.29 is 9.52 Å². The Hall–Kier alpha value is -0.280. The van der Waals surface area contributed by atoms with E-state index in [0.29, 0.717) is 4.67 Å². The van der Waals surface area contributed by atoms with Gasteiger partial charge in [-0.1, -0.05) is 20.3 Å². The van der Waals surface area contributed by atoms with Gasteiger partial charge < -0.3 is 9.52 Å². The van der Waals surface area contributed by atoms with Gasteiger partial charge in [0.05, 0.1) is 12.4 Å². The third-order valence-corrected chi connectivity index (χ3v) is 2.89. The van der Waals surface area contributed by atoms with E-state index in [4.69, 9.17) is 4.42 Å². The molecule has 1 aromatic rings. The van der Waals surface area contributed by atoms with Crippen LogP contribution in [0.5, 0.6) is 0 Å². The summed E-state index contributed by atoms with van der Waals surface area (Å²) in [5.74, 6) is 0.277. The third kappa shape index (κ3) is 2.58. The predicted molar refractivity (Wildman–Crippen MR) is 55.4 cm³/mol. The fourth-order valence-corrected chi connectivity index (χ4v) is 1.91. The van der Waals surface area contributed by atoms with Gasteiger partial charge >= 0.3 is 0 Å². The highest BCUT2D eigenvalue weighted by Crippen LogP contribution is 2.31. The number of hydrogen-bond acceptors (Lipinski definition) is 2. The lowest BCUT2D eigenvalue weighted by Crippen LogP contribution is -2.08. The molecule has 1 aromatic heterocycles. The summed E-state index contributed by atoms with van der Waals surface area (Å²) in [6, 6.07) is 1.81. The molecule has 13 heavy (non-hydrogen) atoms. The predicted octanol–water partition coefficient (Wildman–Crippen LogP) is 3.51. The molecule has 1 rings (SSSR count). The fourth-order valence-electron chi connectivity index (χ4n) is 1.44. The lowest BCUT2D eigenvalue weighted by atomic mass is 9.95. The summed E-state index contributed by atoms with van der Waals surface area (Å²) < 4.78 is 5.71. The van der Waals surface area contributed by atoms with Crippen molar-refractivity contribution in [1.82, 2.24) is 0 Å². The molecule has 0 amide bonds. The lowest BCUT2D eigenvalue weighted by Gasteiger charge is -2.16. The van der Waals surface area contributed by atoms with E-state index in [2.05, 4.69) is 22.9 Å². The van der Waals surface area contributed by atoms with Gasteiger partial charge in [0.25, 0.3) is 0 Å². The number of hydrogen-bond donors (Lipinski definition) is 1. The standard InChI is InChI=1S/C10H15BrO2/c1-3-4-7(2)9(12)8-5-6-13-10(8)11/h5-7,9,12H,3-4H2,1-2H3. The van der Waals surface area contributed by atoms with Crippen LogP contribution in [0.15, 0.2) is 21.4 Å². The van der Waals surface area contributed by atoms with Gasteiger partial charge in [-0.05, 0) is 34.3 Å². The van der Waals surface area contributed by atoms with E-state index in [1.54, 1.807) is 12.3 Å². The van der Waals surface area contributed by atoms with E-state index in [1.165, 1.54) is 0 Å². The topological polar surface area (TPSA) is 33.4 Å². The van der Waals surface area contributed by atoms with Crippen LogP contribution in [0, 0.1) is 5.92 Å². The van der Waals surface area contributed by atoms with E-state index in [-0.39, 0.29) is 5.92 Å². The molecular formula is C10H15BrO2.